The van der Waals surface area contributed by atoms with Crippen LogP contribution in [0.15, 0.2) is 103 Å². The molecule has 2 atom stereocenters. The summed E-state index contributed by atoms with van der Waals surface area (Å²) in [6, 6.07) is 38.3. The quantitative estimate of drug-likeness (QED) is 0.350. The molecular weight excluding hydrogens is 355 g/mol. The Labute approximate surface area is 169 Å². The topological polar surface area (TPSA) is 0 Å². The third kappa shape index (κ3) is 3.38. The van der Waals surface area contributed by atoms with E-state index in [0.717, 1.165) is 0 Å². The fourth-order valence-electron chi connectivity index (χ4n) is 4.79. The number of benzene rings is 4. The maximum absolute atomic E-state index is 2.45. The standard InChI is InChI=1S/C27H25P/c1-3-12-24(13-4-1)28(25-14-5-2-6-15-25)27-17-9-16-26(27)23-19-18-21-10-7-8-11-22(21)20-23/h1-8,10-15,18-20,26-27H,9,16-17H2/t26-,27?/m1/s1. The number of rotatable bonds is 4. The molecule has 0 saturated heterocycles. The summed E-state index contributed by atoms with van der Waals surface area (Å²) < 4.78 is 0. The molecule has 0 aliphatic heterocycles. The van der Waals surface area contributed by atoms with Crippen LogP contribution in [0.25, 0.3) is 10.8 Å². The van der Waals surface area contributed by atoms with Gasteiger partial charge in [-0.25, -0.2) is 0 Å². The van der Waals surface area contributed by atoms with Crippen LogP contribution in [0.1, 0.15) is 30.7 Å². The minimum atomic E-state index is -0.358. The fourth-order valence-corrected chi connectivity index (χ4v) is 7.96. The Balaban J connectivity index is 1.57. The molecule has 1 aliphatic carbocycles. The van der Waals surface area contributed by atoms with E-state index < -0.39 is 0 Å². The van der Waals surface area contributed by atoms with E-state index in [2.05, 4.69) is 103 Å². The molecular formula is C27H25P. The Morgan fingerprint density at radius 1 is 0.571 bits per heavy atom. The van der Waals surface area contributed by atoms with E-state index in [1.807, 2.05) is 0 Å². The van der Waals surface area contributed by atoms with Gasteiger partial charge in [0.2, 0.25) is 0 Å². The molecule has 1 aliphatic rings. The van der Waals surface area contributed by atoms with Gasteiger partial charge in [0, 0.05) is 0 Å². The normalized spacial score (nSPS) is 19.3. The predicted molar refractivity (Wildman–Crippen MR) is 123 cm³/mol. The Kier molecular flexibility index (Phi) is 4.98. The van der Waals surface area contributed by atoms with Crippen molar-refractivity contribution in [3.8, 4) is 0 Å². The van der Waals surface area contributed by atoms with Crippen LogP contribution >= 0.6 is 7.92 Å². The second kappa shape index (κ2) is 7.90. The smallest absolute Gasteiger partial charge is 0.00599 e. The Morgan fingerprint density at radius 3 is 1.86 bits per heavy atom. The SMILES string of the molecule is c1ccc(P(c2ccccc2)C2CCC[C@@H]2c2ccc3ccccc3c2)cc1. The molecule has 5 rings (SSSR count). The first kappa shape index (κ1) is 17.7. The summed E-state index contributed by atoms with van der Waals surface area (Å²) in [5, 5.41) is 5.74. The highest BCUT2D eigenvalue weighted by Gasteiger charge is 2.36. The van der Waals surface area contributed by atoms with Crippen molar-refractivity contribution in [1.82, 2.24) is 0 Å². The Hall–Kier alpha value is -2.43. The van der Waals surface area contributed by atoms with Gasteiger partial charge >= 0.3 is 0 Å². The number of hydrogen-bond donors (Lipinski definition) is 0. The molecule has 4 aromatic carbocycles. The second-order valence-corrected chi connectivity index (χ2v) is 10.2. The lowest BCUT2D eigenvalue weighted by Crippen LogP contribution is -2.23. The molecule has 1 fully saturated rings. The van der Waals surface area contributed by atoms with Crippen LogP contribution in [0.2, 0.25) is 0 Å². The fraction of sp³-hybridized carbons (Fsp3) is 0.185. The first-order valence-electron chi connectivity index (χ1n) is 10.3. The van der Waals surface area contributed by atoms with E-state index in [1.54, 1.807) is 0 Å². The van der Waals surface area contributed by atoms with Crippen molar-refractivity contribution in [2.24, 2.45) is 0 Å². The molecule has 0 nitrogen and oxygen atoms in total. The van der Waals surface area contributed by atoms with E-state index in [-0.39, 0.29) is 7.92 Å². The molecule has 28 heavy (non-hydrogen) atoms. The van der Waals surface area contributed by atoms with E-state index in [1.165, 1.54) is 46.2 Å². The molecule has 4 aromatic rings. The van der Waals surface area contributed by atoms with Crippen molar-refractivity contribution in [3.63, 3.8) is 0 Å². The molecule has 1 heteroatoms. The summed E-state index contributed by atoms with van der Waals surface area (Å²) in [6.45, 7) is 0. The van der Waals surface area contributed by atoms with Gasteiger partial charge in [0.25, 0.3) is 0 Å². The van der Waals surface area contributed by atoms with Gasteiger partial charge in [-0.15, -0.1) is 0 Å². The van der Waals surface area contributed by atoms with Crippen LogP contribution in [0.4, 0.5) is 0 Å². The average Bonchev–Trinajstić information content (AvgIpc) is 3.24. The van der Waals surface area contributed by atoms with Gasteiger partial charge in [0.05, 0.1) is 0 Å². The van der Waals surface area contributed by atoms with Crippen molar-refractivity contribution in [3.05, 3.63) is 109 Å². The Bertz CT molecular complexity index is 1020. The number of hydrogen-bond acceptors (Lipinski definition) is 0. The van der Waals surface area contributed by atoms with Crippen LogP contribution in [-0.2, 0) is 0 Å². The lowest BCUT2D eigenvalue weighted by Gasteiger charge is -2.30. The van der Waals surface area contributed by atoms with Gasteiger partial charge in [-0.2, -0.15) is 0 Å². The van der Waals surface area contributed by atoms with E-state index in [9.17, 15) is 0 Å². The minimum absolute atomic E-state index is 0.358. The van der Waals surface area contributed by atoms with Gasteiger partial charge in [0.15, 0.2) is 0 Å². The lowest BCUT2D eigenvalue weighted by molar-refractivity contribution is 0.733. The van der Waals surface area contributed by atoms with Gasteiger partial charge in [-0.05, 0) is 59.3 Å². The lowest BCUT2D eigenvalue weighted by atomic mass is 9.95. The van der Waals surface area contributed by atoms with Crippen LogP contribution in [0.5, 0.6) is 0 Å². The van der Waals surface area contributed by atoms with Crippen molar-refractivity contribution in [2.45, 2.75) is 30.8 Å². The molecule has 0 spiro atoms. The van der Waals surface area contributed by atoms with Crippen molar-refractivity contribution in [2.75, 3.05) is 0 Å². The number of fused-ring (bicyclic) bond motifs is 1. The zero-order valence-electron chi connectivity index (χ0n) is 16.0. The first-order chi connectivity index (χ1) is 13.9. The van der Waals surface area contributed by atoms with Gasteiger partial charge in [-0.1, -0.05) is 110 Å². The molecule has 1 saturated carbocycles. The second-order valence-electron chi connectivity index (χ2n) is 7.75. The van der Waals surface area contributed by atoms with Crippen molar-refractivity contribution in [1.29, 1.82) is 0 Å². The largest absolute Gasteiger partial charge is 0.0622 e. The van der Waals surface area contributed by atoms with Crippen LogP contribution in [-0.4, -0.2) is 5.66 Å². The first-order valence-corrected chi connectivity index (χ1v) is 11.7. The summed E-state index contributed by atoms with van der Waals surface area (Å²) in [5.41, 5.74) is 2.24. The zero-order valence-corrected chi connectivity index (χ0v) is 16.9. The monoisotopic (exact) mass is 380 g/mol. The maximum Gasteiger partial charge on any atom is -0.00599 e. The predicted octanol–water partition coefficient (Wildman–Crippen LogP) is 6.61. The molecule has 0 bridgehead atoms. The minimum Gasteiger partial charge on any atom is -0.0622 e. The molecule has 0 amide bonds. The third-order valence-corrected chi connectivity index (χ3v) is 9.07. The maximum atomic E-state index is 2.45. The summed E-state index contributed by atoms with van der Waals surface area (Å²) in [5.74, 6) is 0.649. The summed E-state index contributed by atoms with van der Waals surface area (Å²) >= 11 is 0. The molecule has 138 valence electrons. The summed E-state index contributed by atoms with van der Waals surface area (Å²) in [6.07, 6.45) is 3.97. The van der Waals surface area contributed by atoms with E-state index in [4.69, 9.17) is 0 Å². The zero-order chi connectivity index (χ0) is 18.8. The van der Waals surface area contributed by atoms with Crippen LogP contribution in [0.3, 0.4) is 0 Å². The van der Waals surface area contributed by atoms with Crippen LogP contribution in [0, 0.1) is 0 Å². The van der Waals surface area contributed by atoms with E-state index >= 15 is 0 Å². The highest BCUT2D eigenvalue weighted by atomic mass is 31.1. The van der Waals surface area contributed by atoms with Crippen LogP contribution < -0.4 is 10.6 Å². The molecule has 0 radical (unpaired) electrons. The van der Waals surface area contributed by atoms with Gasteiger partial charge < -0.3 is 0 Å². The highest BCUT2D eigenvalue weighted by Crippen LogP contribution is 2.53. The molecule has 0 heterocycles. The summed E-state index contributed by atoms with van der Waals surface area (Å²) in [7, 11) is -0.358. The van der Waals surface area contributed by atoms with Gasteiger partial charge in [-0.3, -0.25) is 0 Å². The third-order valence-electron chi connectivity index (χ3n) is 6.08. The average molecular weight is 380 g/mol. The van der Waals surface area contributed by atoms with Gasteiger partial charge in [0.1, 0.15) is 0 Å². The molecule has 1 unspecified atom stereocenters. The summed E-state index contributed by atoms with van der Waals surface area (Å²) in [4.78, 5) is 0. The highest BCUT2D eigenvalue weighted by molar-refractivity contribution is 7.73. The molecule has 0 N–H and O–H groups in total. The Morgan fingerprint density at radius 2 is 1.18 bits per heavy atom. The molecule has 0 aromatic heterocycles. The van der Waals surface area contributed by atoms with Crippen molar-refractivity contribution >= 4 is 29.3 Å². The van der Waals surface area contributed by atoms with E-state index in [0.29, 0.717) is 11.6 Å². The van der Waals surface area contributed by atoms with Crippen molar-refractivity contribution < 1.29 is 0 Å².